The predicted octanol–water partition coefficient (Wildman–Crippen LogP) is 2.21. The van der Waals surface area contributed by atoms with Crippen molar-refractivity contribution in [2.24, 2.45) is 5.73 Å². The van der Waals surface area contributed by atoms with Gasteiger partial charge in [0.2, 0.25) is 0 Å². The van der Waals surface area contributed by atoms with Gasteiger partial charge in [-0.05, 0) is 19.4 Å². The molecule has 21 heavy (non-hydrogen) atoms. The zero-order chi connectivity index (χ0) is 15.7. The van der Waals surface area contributed by atoms with Gasteiger partial charge in [-0.2, -0.15) is 0 Å². The Hall–Kier alpha value is -2.24. The number of unbranched alkanes of at least 4 members (excludes halogenated alkanes) is 1. The second-order valence-corrected chi connectivity index (χ2v) is 4.43. The van der Waals surface area contributed by atoms with E-state index in [0.717, 1.165) is 12.8 Å². The van der Waals surface area contributed by atoms with Gasteiger partial charge in [0.1, 0.15) is 5.75 Å². The summed E-state index contributed by atoms with van der Waals surface area (Å²) in [4.78, 5) is 22.9. The van der Waals surface area contributed by atoms with Crippen molar-refractivity contribution in [1.82, 2.24) is 5.32 Å². The molecule has 116 valence electrons. The molecule has 0 aliphatic carbocycles. The molecular formula is C15H22N2O4. The lowest BCUT2D eigenvalue weighted by Crippen LogP contribution is -2.25. The third-order valence-corrected chi connectivity index (χ3v) is 2.80. The van der Waals surface area contributed by atoms with Crippen molar-refractivity contribution in [2.75, 3.05) is 13.2 Å². The molecule has 6 nitrogen and oxygen atoms in total. The van der Waals surface area contributed by atoms with Crippen LogP contribution in [0, 0.1) is 0 Å². The van der Waals surface area contributed by atoms with Crippen molar-refractivity contribution in [1.29, 1.82) is 0 Å². The van der Waals surface area contributed by atoms with E-state index in [9.17, 15) is 9.59 Å². The molecule has 0 saturated carbocycles. The Labute approximate surface area is 124 Å². The van der Waals surface area contributed by atoms with Gasteiger partial charge >= 0.3 is 6.09 Å². The summed E-state index contributed by atoms with van der Waals surface area (Å²) in [7, 11) is 0. The molecule has 6 heteroatoms. The van der Waals surface area contributed by atoms with Gasteiger partial charge in [-0.25, -0.2) is 4.79 Å². The zero-order valence-corrected chi connectivity index (χ0v) is 12.5. The number of hydrogen-bond donors (Lipinski definition) is 2. The molecule has 0 aliphatic heterocycles. The van der Waals surface area contributed by atoms with Gasteiger partial charge in [-0.1, -0.05) is 25.5 Å². The Kier molecular flexibility index (Phi) is 7.08. The Morgan fingerprint density at radius 3 is 2.67 bits per heavy atom. The average Bonchev–Trinajstić information content (AvgIpc) is 2.46. The Bertz CT molecular complexity index is 489. The normalized spacial score (nSPS) is 10.0. The molecule has 0 radical (unpaired) electrons. The molecule has 0 saturated heterocycles. The van der Waals surface area contributed by atoms with E-state index in [0.29, 0.717) is 30.1 Å². The summed E-state index contributed by atoms with van der Waals surface area (Å²) in [5, 5.41) is 2.63. The van der Waals surface area contributed by atoms with Crippen LogP contribution in [0.1, 0.15) is 42.6 Å². The quantitative estimate of drug-likeness (QED) is 0.719. The van der Waals surface area contributed by atoms with Gasteiger partial charge in [0.15, 0.2) is 0 Å². The second kappa shape index (κ2) is 8.84. The van der Waals surface area contributed by atoms with Crippen LogP contribution in [0.5, 0.6) is 5.75 Å². The molecule has 0 heterocycles. The van der Waals surface area contributed by atoms with Crippen LogP contribution >= 0.6 is 0 Å². The van der Waals surface area contributed by atoms with Crippen LogP contribution in [0.15, 0.2) is 18.2 Å². The number of carbonyl (C=O) groups is 2. The molecule has 0 spiro atoms. The predicted molar refractivity (Wildman–Crippen MR) is 79.2 cm³/mol. The molecule has 1 aromatic carbocycles. The molecule has 0 atom stereocenters. The Morgan fingerprint density at radius 1 is 1.29 bits per heavy atom. The first-order chi connectivity index (χ1) is 10.1. The highest BCUT2D eigenvalue weighted by Gasteiger charge is 2.14. The van der Waals surface area contributed by atoms with Crippen LogP contribution in [0.2, 0.25) is 0 Å². The van der Waals surface area contributed by atoms with Crippen molar-refractivity contribution < 1.29 is 19.1 Å². The highest BCUT2D eigenvalue weighted by molar-refractivity contribution is 5.96. The maximum atomic E-state index is 11.5. The van der Waals surface area contributed by atoms with Gasteiger partial charge in [0, 0.05) is 12.1 Å². The fraction of sp³-hybridized carbons (Fsp3) is 0.467. The number of alkyl carbamates (subject to hydrolysis) is 1. The highest BCUT2D eigenvalue weighted by atomic mass is 16.5. The van der Waals surface area contributed by atoms with Gasteiger partial charge < -0.3 is 20.5 Å². The van der Waals surface area contributed by atoms with Crippen molar-refractivity contribution >= 4 is 12.0 Å². The molecule has 0 aromatic heterocycles. The van der Waals surface area contributed by atoms with Gasteiger partial charge in [0.05, 0.1) is 18.8 Å². The second-order valence-electron chi connectivity index (χ2n) is 4.43. The molecule has 0 fully saturated rings. The van der Waals surface area contributed by atoms with Crippen LogP contribution in [-0.2, 0) is 11.3 Å². The number of primary amides is 1. The zero-order valence-electron chi connectivity index (χ0n) is 12.5. The molecule has 0 aliphatic rings. The van der Waals surface area contributed by atoms with E-state index in [4.69, 9.17) is 15.2 Å². The maximum absolute atomic E-state index is 11.5. The minimum Gasteiger partial charge on any atom is -0.493 e. The molecule has 0 unspecified atom stereocenters. The van der Waals surface area contributed by atoms with Crippen molar-refractivity contribution in [3.8, 4) is 5.75 Å². The Morgan fingerprint density at radius 2 is 2.05 bits per heavy atom. The number of ether oxygens (including phenoxy) is 2. The lowest BCUT2D eigenvalue weighted by Gasteiger charge is -2.14. The number of carbonyl (C=O) groups excluding carboxylic acids is 2. The van der Waals surface area contributed by atoms with Gasteiger partial charge in [-0.15, -0.1) is 0 Å². The third kappa shape index (κ3) is 5.33. The van der Waals surface area contributed by atoms with E-state index >= 15 is 0 Å². The molecule has 3 N–H and O–H groups in total. The van der Waals surface area contributed by atoms with Crippen LogP contribution < -0.4 is 15.8 Å². The van der Waals surface area contributed by atoms with Crippen molar-refractivity contribution in [2.45, 2.75) is 33.2 Å². The summed E-state index contributed by atoms with van der Waals surface area (Å²) in [5.74, 6) is -0.160. The first kappa shape index (κ1) is 16.8. The number of nitrogens with two attached hydrogens (primary N) is 1. The molecule has 1 aromatic rings. The van der Waals surface area contributed by atoms with E-state index in [2.05, 4.69) is 5.32 Å². The minimum absolute atomic E-state index is 0.210. The molecule has 2 amide bonds. The smallest absolute Gasteiger partial charge is 0.407 e. The third-order valence-electron chi connectivity index (χ3n) is 2.80. The summed E-state index contributed by atoms with van der Waals surface area (Å²) in [6.45, 7) is 4.83. The van der Waals surface area contributed by atoms with E-state index in [1.165, 1.54) is 0 Å². The lowest BCUT2D eigenvalue weighted by atomic mass is 10.1. The molecule has 0 bridgehead atoms. The summed E-state index contributed by atoms with van der Waals surface area (Å²) in [6, 6.07) is 5.06. The SMILES string of the molecule is CCCCOC(=O)NCc1cccc(C(N)=O)c1OCC. The summed E-state index contributed by atoms with van der Waals surface area (Å²) in [5.41, 5.74) is 6.30. The van der Waals surface area contributed by atoms with E-state index in [1.807, 2.05) is 13.8 Å². The maximum Gasteiger partial charge on any atom is 0.407 e. The Balaban J connectivity index is 2.71. The number of hydrogen-bond acceptors (Lipinski definition) is 4. The summed E-state index contributed by atoms with van der Waals surface area (Å²) in [6.07, 6.45) is 1.30. The van der Waals surface area contributed by atoms with Crippen LogP contribution in [0.25, 0.3) is 0 Å². The fourth-order valence-electron chi connectivity index (χ4n) is 1.76. The number of para-hydroxylation sites is 1. The van der Waals surface area contributed by atoms with Crippen LogP contribution in [0.4, 0.5) is 4.79 Å². The lowest BCUT2D eigenvalue weighted by molar-refractivity contribution is 0.0996. The molecule has 1 rings (SSSR count). The highest BCUT2D eigenvalue weighted by Crippen LogP contribution is 2.24. The molecular weight excluding hydrogens is 272 g/mol. The van der Waals surface area contributed by atoms with Crippen molar-refractivity contribution in [3.05, 3.63) is 29.3 Å². The minimum atomic E-state index is -0.564. The standard InChI is InChI=1S/C15H22N2O4/c1-3-5-9-21-15(19)17-10-11-7-6-8-12(14(16)18)13(11)20-4-2/h6-8H,3-5,9-10H2,1-2H3,(H2,16,18)(H,17,19). The average molecular weight is 294 g/mol. The van der Waals surface area contributed by atoms with E-state index in [-0.39, 0.29) is 6.54 Å². The summed E-state index contributed by atoms with van der Waals surface area (Å²) >= 11 is 0. The first-order valence-corrected chi connectivity index (χ1v) is 7.05. The first-order valence-electron chi connectivity index (χ1n) is 7.05. The number of rotatable bonds is 8. The van der Waals surface area contributed by atoms with Crippen molar-refractivity contribution in [3.63, 3.8) is 0 Å². The number of benzene rings is 1. The topological polar surface area (TPSA) is 90.6 Å². The largest absolute Gasteiger partial charge is 0.493 e. The van der Waals surface area contributed by atoms with E-state index in [1.54, 1.807) is 18.2 Å². The number of amides is 2. The van der Waals surface area contributed by atoms with Gasteiger partial charge in [-0.3, -0.25) is 4.79 Å². The fourth-order valence-corrected chi connectivity index (χ4v) is 1.76. The monoisotopic (exact) mass is 294 g/mol. The van der Waals surface area contributed by atoms with Crippen LogP contribution in [-0.4, -0.2) is 25.2 Å². The van der Waals surface area contributed by atoms with Crippen LogP contribution in [0.3, 0.4) is 0 Å². The number of nitrogens with one attached hydrogen (secondary N) is 1. The van der Waals surface area contributed by atoms with E-state index < -0.39 is 12.0 Å². The summed E-state index contributed by atoms with van der Waals surface area (Å²) < 4.78 is 10.5. The van der Waals surface area contributed by atoms with Gasteiger partial charge in [0.25, 0.3) is 5.91 Å².